The van der Waals surface area contributed by atoms with Crippen LogP contribution in [0.4, 0.5) is 4.39 Å². The Balaban J connectivity index is 1.36. The molecule has 1 N–H and O–H groups in total. The fraction of sp³-hybridized carbons (Fsp3) is 0.542. The normalized spacial score (nSPS) is 17.7. The third-order valence-corrected chi connectivity index (χ3v) is 6.73. The van der Waals surface area contributed by atoms with Crippen molar-refractivity contribution in [3.8, 4) is 0 Å². The molecule has 2 aliphatic heterocycles. The van der Waals surface area contributed by atoms with Crippen LogP contribution in [0.1, 0.15) is 53.9 Å². The van der Waals surface area contributed by atoms with E-state index in [4.69, 9.17) is 10.4 Å². The second-order valence-corrected chi connectivity index (χ2v) is 8.74. The second kappa shape index (κ2) is 8.80. The summed E-state index contributed by atoms with van der Waals surface area (Å²) in [6.45, 7) is 7.33. The van der Waals surface area contributed by atoms with Crippen molar-refractivity contribution in [3.05, 3.63) is 62.6 Å². The molecule has 4 rings (SSSR count). The van der Waals surface area contributed by atoms with Gasteiger partial charge in [-0.25, -0.2) is 9.37 Å². The van der Waals surface area contributed by atoms with Crippen LogP contribution in [0, 0.1) is 31.0 Å². The summed E-state index contributed by atoms with van der Waals surface area (Å²) in [7, 11) is 0. The smallest absolute Gasteiger partial charge is 0.256 e. The molecule has 1 fully saturated rings. The molecular formula is C24H31FN4O. The van der Waals surface area contributed by atoms with Crippen LogP contribution in [0.25, 0.3) is 0 Å². The minimum Gasteiger partial charge on any atom is -0.304 e. The fourth-order valence-electron chi connectivity index (χ4n) is 4.88. The molecule has 0 aliphatic carbocycles. The van der Waals surface area contributed by atoms with Crippen LogP contribution in [0.2, 0.25) is 0 Å². The summed E-state index contributed by atoms with van der Waals surface area (Å²) < 4.78 is 15.3. The van der Waals surface area contributed by atoms with Gasteiger partial charge in [0.25, 0.3) is 5.56 Å². The number of nitrogens with one attached hydrogen (secondary N) is 1. The van der Waals surface area contributed by atoms with E-state index in [0.29, 0.717) is 5.71 Å². The third-order valence-electron chi connectivity index (χ3n) is 6.73. The maximum absolute atomic E-state index is 13.4. The van der Waals surface area contributed by atoms with E-state index in [1.807, 2.05) is 18.4 Å². The molecule has 1 aromatic heterocycles. The average molecular weight is 411 g/mol. The van der Waals surface area contributed by atoms with E-state index in [9.17, 15) is 9.18 Å². The van der Waals surface area contributed by atoms with Crippen molar-refractivity contribution in [1.82, 2.24) is 14.5 Å². The lowest BCUT2D eigenvalue weighted by atomic mass is 9.86. The van der Waals surface area contributed by atoms with Crippen molar-refractivity contribution >= 4 is 5.71 Å². The third kappa shape index (κ3) is 4.24. The minimum absolute atomic E-state index is 0.153. The van der Waals surface area contributed by atoms with Gasteiger partial charge in [-0.2, -0.15) is 0 Å². The Bertz CT molecular complexity index is 1000. The predicted octanol–water partition coefficient (Wildman–Crippen LogP) is 3.66. The molecule has 2 aromatic rings. The Morgan fingerprint density at radius 1 is 1.20 bits per heavy atom. The van der Waals surface area contributed by atoms with E-state index in [0.717, 1.165) is 92.9 Å². The number of likely N-dealkylation sites (tertiary alicyclic amines) is 1. The van der Waals surface area contributed by atoms with Crippen LogP contribution in [0.5, 0.6) is 0 Å². The molecule has 2 aliphatic rings. The zero-order valence-corrected chi connectivity index (χ0v) is 18.0. The summed E-state index contributed by atoms with van der Waals surface area (Å²) in [6.07, 6.45) is 5.67. The summed E-state index contributed by atoms with van der Waals surface area (Å²) in [5, 5.41) is 8.59. The van der Waals surface area contributed by atoms with Gasteiger partial charge in [-0.3, -0.25) is 9.36 Å². The molecule has 160 valence electrons. The van der Waals surface area contributed by atoms with Crippen LogP contribution < -0.4 is 5.56 Å². The molecule has 0 radical (unpaired) electrons. The molecule has 0 unspecified atom stereocenters. The van der Waals surface area contributed by atoms with Crippen LogP contribution in [-0.4, -0.2) is 39.8 Å². The summed E-state index contributed by atoms with van der Waals surface area (Å²) in [5.41, 5.74) is 4.21. The van der Waals surface area contributed by atoms with Gasteiger partial charge in [0.1, 0.15) is 11.6 Å². The molecule has 0 amide bonds. The average Bonchev–Trinajstić information content (AvgIpc) is 2.73. The molecule has 5 nitrogen and oxygen atoms in total. The molecule has 1 aromatic carbocycles. The first-order valence-corrected chi connectivity index (χ1v) is 11.1. The second-order valence-electron chi connectivity index (χ2n) is 8.74. The van der Waals surface area contributed by atoms with E-state index >= 15 is 0 Å². The monoisotopic (exact) mass is 410 g/mol. The largest absolute Gasteiger partial charge is 0.304 e. The van der Waals surface area contributed by atoms with E-state index in [1.165, 1.54) is 12.1 Å². The molecule has 0 spiro atoms. The maximum Gasteiger partial charge on any atom is 0.256 e. The predicted molar refractivity (Wildman–Crippen MR) is 117 cm³/mol. The number of benzene rings is 1. The van der Waals surface area contributed by atoms with Crippen molar-refractivity contribution in [2.45, 2.75) is 58.9 Å². The molecule has 30 heavy (non-hydrogen) atoms. The molecule has 3 heterocycles. The number of hydrogen-bond donors (Lipinski definition) is 1. The number of aryl methyl sites for hydroxylation is 3. The van der Waals surface area contributed by atoms with Gasteiger partial charge in [-0.05, 0) is 88.4 Å². The zero-order valence-electron chi connectivity index (χ0n) is 18.0. The number of nitrogens with zero attached hydrogens (tertiary/aromatic N) is 3. The van der Waals surface area contributed by atoms with Crippen LogP contribution in [-0.2, 0) is 19.4 Å². The Morgan fingerprint density at radius 2 is 1.97 bits per heavy atom. The van der Waals surface area contributed by atoms with Crippen molar-refractivity contribution in [3.63, 3.8) is 0 Å². The number of fused-ring (bicyclic) bond motifs is 1. The van der Waals surface area contributed by atoms with E-state index < -0.39 is 0 Å². The molecular weight excluding hydrogens is 379 g/mol. The van der Waals surface area contributed by atoms with Crippen molar-refractivity contribution < 1.29 is 4.39 Å². The maximum atomic E-state index is 13.4. The Labute approximate surface area is 177 Å². The minimum atomic E-state index is -0.248. The molecule has 1 saturated heterocycles. The summed E-state index contributed by atoms with van der Waals surface area (Å²) in [6, 6.07) is 4.69. The highest BCUT2D eigenvalue weighted by atomic mass is 19.1. The highest BCUT2D eigenvalue weighted by Crippen LogP contribution is 2.24. The summed E-state index contributed by atoms with van der Waals surface area (Å²) in [5.74, 6) is 0.910. The van der Waals surface area contributed by atoms with Gasteiger partial charge in [0.05, 0.1) is 0 Å². The molecule has 0 saturated carbocycles. The number of piperidine rings is 1. The van der Waals surface area contributed by atoms with Gasteiger partial charge in [0.15, 0.2) is 0 Å². The van der Waals surface area contributed by atoms with E-state index in [2.05, 4.69) is 4.90 Å². The van der Waals surface area contributed by atoms with Crippen LogP contribution in [0.15, 0.2) is 23.0 Å². The summed E-state index contributed by atoms with van der Waals surface area (Å²) in [4.78, 5) is 20.0. The fourth-order valence-corrected chi connectivity index (χ4v) is 4.88. The standard InChI is InChI=1S/C24H31FN4O/c1-16-15-19(25)6-7-20(16)23(26)18-8-12-28(13-9-18)14-10-21-17(2)27-22-5-3-4-11-29(22)24(21)30/h6-7,15,18,26H,3-5,8-14H2,1-2H3. The van der Waals surface area contributed by atoms with Crippen LogP contribution >= 0.6 is 0 Å². The van der Waals surface area contributed by atoms with Gasteiger partial charge in [0.2, 0.25) is 0 Å². The highest BCUT2D eigenvalue weighted by Gasteiger charge is 2.25. The molecule has 0 bridgehead atoms. The topological polar surface area (TPSA) is 62.0 Å². The lowest BCUT2D eigenvalue weighted by molar-refractivity contribution is 0.211. The van der Waals surface area contributed by atoms with Gasteiger partial charge >= 0.3 is 0 Å². The lowest BCUT2D eigenvalue weighted by Gasteiger charge is -2.32. The SMILES string of the molecule is Cc1cc(F)ccc1C(=N)C1CCN(CCc2c(C)nc3n(c2=O)CCCC3)CC1. The molecule has 0 atom stereocenters. The number of rotatable bonds is 5. The first kappa shape index (κ1) is 20.9. The van der Waals surface area contributed by atoms with E-state index in [-0.39, 0.29) is 17.3 Å². The van der Waals surface area contributed by atoms with Crippen molar-refractivity contribution in [1.29, 1.82) is 5.41 Å². The Kier molecular flexibility index (Phi) is 6.14. The summed E-state index contributed by atoms with van der Waals surface area (Å²) >= 11 is 0. The van der Waals surface area contributed by atoms with Crippen molar-refractivity contribution in [2.75, 3.05) is 19.6 Å². The van der Waals surface area contributed by atoms with Gasteiger partial charge < -0.3 is 10.3 Å². The van der Waals surface area contributed by atoms with E-state index in [1.54, 1.807) is 6.07 Å². The van der Waals surface area contributed by atoms with Crippen LogP contribution in [0.3, 0.4) is 0 Å². The van der Waals surface area contributed by atoms with Gasteiger partial charge in [0, 0.05) is 42.4 Å². The Hall–Kier alpha value is -2.34. The number of hydrogen-bond acceptors (Lipinski definition) is 4. The zero-order chi connectivity index (χ0) is 21.3. The highest BCUT2D eigenvalue weighted by molar-refractivity contribution is 6.01. The van der Waals surface area contributed by atoms with Gasteiger partial charge in [-0.15, -0.1) is 0 Å². The molecule has 6 heteroatoms. The first-order valence-electron chi connectivity index (χ1n) is 11.1. The lowest BCUT2D eigenvalue weighted by Crippen LogP contribution is -2.39. The first-order chi connectivity index (χ1) is 14.4. The Morgan fingerprint density at radius 3 is 2.70 bits per heavy atom. The quantitative estimate of drug-likeness (QED) is 0.766. The van der Waals surface area contributed by atoms with Gasteiger partial charge in [-0.1, -0.05) is 0 Å². The van der Waals surface area contributed by atoms with Crippen molar-refractivity contribution in [2.24, 2.45) is 5.92 Å². The number of aromatic nitrogens is 2. The number of halogens is 1.